The van der Waals surface area contributed by atoms with Crippen molar-refractivity contribution in [2.24, 2.45) is 0 Å². The molecule has 1 unspecified atom stereocenters. The van der Waals surface area contributed by atoms with Crippen LogP contribution in [0.5, 0.6) is 5.75 Å². The molecular weight excluding hydrogens is 224 g/mol. The molecular formula is C16H18O2. The van der Waals surface area contributed by atoms with Crippen molar-refractivity contribution in [3.8, 4) is 5.75 Å². The largest absolute Gasteiger partial charge is 0.508 e. The Kier molecular flexibility index (Phi) is 3.68. The number of rotatable bonds is 3. The SMILES string of the molecule is COC(c1ccc(O)cc1)c1cc(C)ccc1C. The number of aromatic hydroxyl groups is 1. The molecule has 0 aliphatic heterocycles. The lowest BCUT2D eigenvalue weighted by molar-refractivity contribution is 0.136. The van der Waals surface area contributed by atoms with E-state index in [2.05, 4.69) is 32.0 Å². The molecule has 0 bridgehead atoms. The maximum absolute atomic E-state index is 9.34. The Morgan fingerprint density at radius 3 is 2.28 bits per heavy atom. The van der Waals surface area contributed by atoms with E-state index in [1.807, 2.05) is 12.1 Å². The van der Waals surface area contributed by atoms with E-state index in [4.69, 9.17) is 4.74 Å². The maximum atomic E-state index is 9.34. The van der Waals surface area contributed by atoms with Crippen LogP contribution in [0.15, 0.2) is 42.5 Å². The van der Waals surface area contributed by atoms with Crippen molar-refractivity contribution < 1.29 is 9.84 Å². The molecule has 2 aromatic rings. The summed E-state index contributed by atoms with van der Waals surface area (Å²) in [5.41, 5.74) is 4.64. The zero-order valence-electron chi connectivity index (χ0n) is 11.0. The highest BCUT2D eigenvalue weighted by atomic mass is 16.5. The molecule has 0 fully saturated rings. The topological polar surface area (TPSA) is 29.5 Å². The van der Waals surface area contributed by atoms with Crippen LogP contribution in [0.1, 0.15) is 28.4 Å². The average molecular weight is 242 g/mol. The number of ether oxygens (including phenoxy) is 1. The first-order valence-corrected chi connectivity index (χ1v) is 6.00. The molecule has 0 heterocycles. The van der Waals surface area contributed by atoms with Crippen molar-refractivity contribution in [2.75, 3.05) is 7.11 Å². The van der Waals surface area contributed by atoms with Crippen LogP contribution in [-0.4, -0.2) is 12.2 Å². The minimum Gasteiger partial charge on any atom is -0.508 e. The first-order valence-electron chi connectivity index (χ1n) is 6.00. The summed E-state index contributed by atoms with van der Waals surface area (Å²) in [4.78, 5) is 0. The predicted octanol–water partition coefficient (Wildman–Crippen LogP) is 3.74. The highest BCUT2D eigenvalue weighted by Gasteiger charge is 2.15. The molecule has 18 heavy (non-hydrogen) atoms. The van der Waals surface area contributed by atoms with Crippen LogP contribution in [0.3, 0.4) is 0 Å². The van der Waals surface area contributed by atoms with Gasteiger partial charge in [-0.1, -0.05) is 35.9 Å². The Hall–Kier alpha value is -1.80. The van der Waals surface area contributed by atoms with Crippen LogP contribution in [0.2, 0.25) is 0 Å². The van der Waals surface area contributed by atoms with Gasteiger partial charge in [0.15, 0.2) is 0 Å². The second-order valence-electron chi connectivity index (χ2n) is 4.57. The first-order chi connectivity index (χ1) is 8.61. The minimum absolute atomic E-state index is 0.0921. The monoisotopic (exact) mass is 242 g/mol. The van der Waals surface area contributed by atoms with Gasteiger partial charge in [-0.05, 0) is 42.7 Å². The van der Waals surface area contributed by atoms with Crippen LogP contribution < -0.4 is 0 Å². The second-order valence-corrected chi connectivity index (χ2v) is 4.57. The van der Waals surface area contributed by atoms with Crippen molar-refractivity contribution in [1.29, 1.82) is 0 Å². The summed E-state index contributed by atoms with van der Waals surface area (Å²) in [5, 5.41) is 9.34. The molecule has 0 aliphatic carbocycles. The summed E-state index contributed by atoms with van der Waals surface area (Å²) in [6.07, 6.45) is -0.0921. The van der Waals surface area contributed by atoms with Crippen molar-refractivity contribution in [2.45, 2.75) is 20.0 Å². The number of hydrogen-bond acceptors (Lipinski definition) is 2. The molecule has 2 nitrogen and oxygen atoms in total. The van der Waals surface area contributed by atoms with Gasteiger partial charge in [-0.3, -0.25) is 0 Å². The molecule has 0 saturated heterocycles. The molecule has 2 rings (SSSR count). The number of phenolic OH excluding ortho intramolecular Hbond substituents is 1. The molecule has 94 valence electrons. The molecule has 1 atom stereocenters. The highest BCUT2D eigenvalue weighted by molar-refractivity contribution is 5.39. The number of benzene rings is 2. The number of phenols is 1. The lowest BCUT2D eigenvalue weighted by Gasteiger charge is -2.19. The summed E-state index contributed by atoms with van der Waals surface area (Å²) in [6.45, 7) is 4.16. The Morgan fingerprint density at radius 2 is 1.67 bits per heavy atom. The molecule has 0 radical (unpaired) electrons. The molecule has 0 aromatic heterocycles. The van der Waals surface area contributed by atoms with Crippen LogP contribution >= 0.6 is 0 Å². The number of methoxy groups -OCH3 is 1. The summed E-state index contributed by atoms with van der Waals surface area (Å²) in [6, 6.07) is 13.5. The third-order valence-electron chi connectivity index (χ3n) is 3.15. The maximum Gasteiger partial charge on any atom is 0.115 e. The van der Waals surface area contributed by atoms with Gasteiger partial charge in [0.05, 0.1) is 0 Å². The molecule has 0 saturated carbocycles. The normalized spacial score (nSPS) is 12.4. The Bertz CT molecular complexity index is 529. The molecule has 2 heteroatoms. The van der Waals surface area contributed by atoms with E-state index < -0.39 is 0 Å². The van der Waals surface area contributed by atoms with Gasteiger partial charge < -0.3 is 9.84 Å². The van der Waals surface area contributed by atoms with E-state index in [-0.39, 0.29) is 11.9 Å². The Labute approximate surface area is 108 Å². The van der Waals surface area contributed by atoms with E-state index >= 15 is 0 Å². The fraction of sp³-hybridized carbons (Fsp3) is 0.250. The third-order valence-corrected chi connectivity index (χ3v) is 3.15. The highest BCUT2D eigenvalue weighted by Crippen LogP contribution is 2.29. The average Bonchev–Trinajstić information content (AvgIpc) is 2.37. The summed E-state index contributed by atoms with van der Waals surface area (Å²) >= 11 is 0. The second kappa shape index (κ2) is 5.23. The van der Waals surface area contributed by atoms with Crippen LogP contribution in [0.25, 0.3) is 0 Å². The number of hydrogen-bond donors (Lipinski definition) is 1. The molecule has 2 aromatic carbocycles. The van der Waals surface area contributed by atoms with Crippen molar-refractivity contribution >= 4 is 0 Å². The van der Waals surface area contributed by atoms with Gasteiger partial charge in [-0.15, -0.1) is 0 Å². The van der Waals surface area contributed by atoms with Crippen molar-refractivity contribution in [1.82, 2.24) is 0 Å². The number of aryl methyl sites for hydroxylation is 2. The Balaban J connectivity index is 2.44. The smallest absolute Gasteiger partial charge is 0.115 e. The van der Waals surface area contributed by atoms with Crippen LogP contribution in [-0.2, 0) is 4.74 Å². The van der Waals surface area contributed by atoms with Gasteiger partial charge in [-0.2, -0.15) is 0 Å². The van der Waals surface area contributed by atoms with E-state index in [9.17, 15) is 5.11 Å². The molecule has 0 aliphatic rings. The fourth-order valence-corrected chi connectivity index (χ4v) is 2.13. The van der Waals surface area contributed by atoms with Gasteiger partial charge >= 0.3 is 0 Å². The fourth-order valence-electron chi connectivity index (χ4n) is 2.13. The van der Waals surface area contributed by atoms with Gasteiger partial charge in [0.25, 0.3) is 0 Å². The third kappa shape index (κ3) is 2.54. The zero-order chi connectivity index (χ0) is 13.1. The standard InChI is InChI=1S/C16H18O2/c1-11-4-5-12(2)15(10-11)16(18-3)13-6-8-14(17)9-7-13/h4-10,16-17H,1-3H3. The predicted molar refractivity (Wildman–Crippen MR) is 72.9 cm³/mol. The van der Waals surface area contributed by atoms with Crippen LogP contribution in [0.4, 0.5) is 0 Å². The van der Waals surface area contributed by atoms with E-state index in [0.29, 0.717) is 0 Å². The molecule has 1 N–H and O–H groups in total. The lowest BCUT2D eigenvalue weighted by Crippen LogP contribution is -2.05. The summed E-state index contributed by atoms with van der Waals surface area (Å²) < 4.78 is 5.62. The van der Waals surface area contributed by atoms with Gasteiger partial charge in [0, 0.05) is 7.11 Å². The Morgan fingerprint density at radius 1 is 1.00 bits per heavy atom. The summed E-state index contributed by atoms with van der Waals surface area (Å²) in [7, 11) is 1.71. The minimum atomic E-state index is -0.0921. The molecule has 0 amide bonds. The van der Waals surface area contributed by atoms with Gasteiger partial charge in [0.1, 0.15) is 11.9 Å². The quantitative estimate of drug-likeness (QED) is 0.888. The van der Waals surface area contributed by atoms with E-state index in [1.54, 1.807) is 19.2 Å². The van der Waals surface area contributed by atoms with Gasteiger partial charge in [0.2, 0.25) is 0 Å². The van der Waals surface area contributed by atoms with Crippen LogP contribution in [0, 0.1) is 13.8 Å². The summed E-state index contributed by atoms with van der Waals surface area (Å²) in [5.74, 6) is 0.273. The van der Waals surface area contributed by atoms with Gasteiger partial charge in [-0.25, -0.2) is 0 Å². The van der Waals surface area contributed by atoms with E-state index in [0.717, 1.165) is 5.56 Å². The lowest BCUT2D eigenvalue weighted by atomic mass is 9.95. The van der Waals surface area contributed by atoms with Crippen molar-refractivity contribution in [3.05, 3.63) is 64.7 Å². The van der Waals surface area contributed by atoms with E-state index in [1.165, 1.54) is 16.7 Å². The zero-order valence-corrected chi connectivity index (χ0v) is 11.0. The molecule has 0 spiro atoms. The van der Waals surface area contributed by atoms with Crippen molar-refractivity contribution in [3.63, 3.8) is 0 Å². The first kappa shape index (κ1) is 12.7.